The molecule has 0 aromatic heterocycles. The van der Waals surface area contributed by atoms with Crippen molar-refractivity contribution < 1.29 is 14.3 Å². The molecule has 0 heterocycles. The third kappa shape index (κ3) is 6.59. The second-order valence-corrected chi connectivity index (χ2v) is 4.99. The number of rotatable bonds is 8. The van der Waals surface area contributed by atoms with Gasteiger partial charge in [-0.15, -0.1) is 0 Å². The lowest BCUT2D eigenvalue weighted by Gasteiger charge is -2.09. The molecule has 0 spiro atoms. The average Bonchev–Trinajstić information content (AvgIpc) is 2.39. The summed E-state index contributed by atoms with van der Waals surface area (Å²) in [6.45, 7) is 8.87. The van der Waals surface area contributed by atoms with Crippen molar-refractivity contribution in [1.82, 2.24) is 5.32 Å². The van der Waals surface area contributed by atoms with Crippen molar-refractivity contribution in [2.45, 2.75) is 13.8 Å². The van der Waals surface area contributed by atoms with Crippen molar-refractivity contribution in [1.29, 1.82) is 0 Å². The summed E-state index contributed by atoms with van der Waals surface area (Å²) >= 11 is 5.97. The van der Waals surface area contributed by atoms with Crippen molar-refractivity contribution >= 4 is 17.5 Å². The number of carbonyl (C=O) groups is 1. The maximum atomic E-state index is 11.6. The van der Waals surface area contributed by atoms with Gasteiger partial charge in [0.25, 0.3) is 5.91 Å². The highest BCUT2D eigenvalue weighted by atomic mass is 35.5. The molecule has 1 amide bonds. The van der Waals surface area contributed by atoms with Crippen molar-refractivity contribution in [3.8, 4) is 5.75 Å². The molecule has 0 aliphatic rings. The lowest BCUT2D eigenvalue weighted by atomic mass is 10.2. The van der Waals surface area contributed by atoms with Crippen molar-refractivity contribution in [3.05, 3.63) is 40.9 Å². The van der Waals surface area contributed by atoms with Crippen LogP contribution in [0.5, 0.6) is 5.75 Å². The number of amides is 1. The van der Waals surface area contributed by atoms with Crippen LogP contribution >= 0.6 is 11.6 Å². The van der Waals surface area contributed by atoms with Gasteiger partial charge in [0.1, 0.15) is 5.75 Å². The highest BCUT2D eigenvalue weighted by molar-refractivity contribution is 6.32. The summed E-state index contributed by atoms with van der Waals surface area (Å²) in [7, 11) is 0. The minimum Gasteiger partial charge on any atom is -0.482 e. The number of nitrogens with one attached hydrogen (secondary N) is 1. The lowest BCUT2D eigenvalue weighted by Crippen LogP contribution is -2.31. The third-order valence-electron chi connectivity index (χ3n) is 2.36. The number of aryl methyl sites for hydroxylation is 1. The first-order chi connectivity index (χ1) is 9.49. The highest BCUT2D eigenvalue weighted by Gasteiger charge is 2.05. The van der Waals surface area contributed by atoms with E-state index in [4.69, 9.17) is 21.1 Å². The van der Waals surface area contributed by atoms with E-state index >= 15 is 0 Å². The lowest BCUT2D eigenvalue weighted by molar-refractivity contribution is -0.123. The summed E-state index contributed by atoms with van der Waals surface area (Å²) in [6.07, 6.45) is 0. The average molecular weight is 298 g/mol. The van der Waals surface area contributed by atoms with E-state index in [-0.39, 0.29) is 12.5 Å². The third-order valence-corrected chi connectivity index (χ3v) is 2.67. The number of hydrogen-bond acceptors (Lipinski definition) is 3. The Kier molecular flexibility index (Phi) is 7.12. The molecule has 0 atom stereocenters. The Morgan fingerprint density at radius 3 is 2.85 bits per heavy atom. The van der Waals surface area contributed by atoms with Gasteiger partial charge in [-0.1, -0.05) is 29.8 Å². The maximum Gasteiger partial charge on any atom is 0.258 e. The molecule has 0 fully saturated rings. The van der Waals surface area contributed by atoms with Gasteiger partial charge in [-0.25, -0.2) is 0 Å². The summed E-state index contributed by atoms with van der Waals surface area (Å²) in [4.78, 5) is 11.6. The smallest absolute Gasteiger partial charge is 0.258 e. The summed E-state index contributed by atoms with van der Waals surface area (Å²) in [5, 5.41) is 3.19. The Balaban J connectivity index is 2.23. The van der Waals surface area contributed by atoms with Crippen LogP contribution in [-0.4, -0.2) is 32.3 Å². The van der Waals surface area contributed by atoms with Gasteiger partial charge in [-0.3, -0.25) is 4.79 Å². The van der Waals surface area contributed by atoms with Gasteiger partial charge in [-0.2, -0.15) is 0 Å². The van der Waals surface area contributed by atoms with Crippen LogP contribution in [0.3, 0.4) is 0 Å². The zero-order valence-electron chi connectivity index (χ0n) is 11.9. The van der Waals surface area contributed by atoms with Crippen LogP contribution in [0.2, 0.25) is 5.02 Å². The van der Waals surface area contributed by atoms with E-state index in [2.05, 4.69) is 11.9 Å². The second kappa shape index (κ2) is 8.61. The highest BCUT2D eigenvalue weighted by Crippen LogP contribution is 2.24. The Hall–Kier alpha value is -1.52. The van der Waals surface area contributed by atoms with E-state index in [0.29, 0.717) is 30.5 Å². The van der Waals surface area contributed by atoms with Gasteiger partial charge in [0.05, 0.1) is 18.2 Å². The first kappa shape index (κ1) is 16.5. The van der Waals surface area contributed by atoms with Crippen molar-refractivity contribution in [2.75, 3.05) is 26.4 Å². The fourth-order valence-corrected chi connectivity index (χ4v) is 1.60. The Bertz CT molecular complexity index is 474. The molecule has 0 radical (unpaired) electrons. The van der Waals surface area contributed by atoms with E-state index in [0.717, 1.165) is 11.1 Å². The molecule has 110 valence electrons. The standard InChI is InChI=1S/C15H20ClNO3/c1-11(2)9-19-7-6-17-15(18)10-20-14-8-12(3)4-5-13(14)16/h4-5,8H,1,6-7,9-10H2,2-3H3,(H,17,18). The van der Waals surface area contributed by atoms with Gasteiger partial charge < -0.3 is 14.8 Å². The van der Waals surface area contributed by atoms with E-state index in [1.807, 2.05) is 19.9 Å². The van der Waals surface area contributed by atoms with Crippen molar-refractivity contribution in [3.63, 3.8) is 0 Å². The summed E-state index contributed by atoms with van der Waals surface area (Å²) in [6, 6.07) is 5.43. The largest absolute Gasteiger partial charge is 0.482 e. The Labute approximate surface area is 124 Å². The second-order valence-electron chi connectivity index (χ2n) is 4.58. The molecule has 1 N–H and O–H groups in total. The topological polar surface area (TPSA) is 47.6 Å². The number of benzene rings is 1. The van der Waals surface area contributed by atoms with Crippen LogP contribution in [0.4, 0.5) is 0 Å². The van der Waals surface area contributed by atoms with E-state index < -0.39 is 0 Å². The minimum atomic E-state index is -0.207. The van der Waals surface area contributed by atoms with Crippen LogP contribution in [0.15, 0.2) is 30.4 Å². The molecule has 0 saturated carbocycles. The maximum absolute atomic E-state index is 11.6. The molecule has 0 unspecified atom stereocenters. The molecule has 20 heavy (non-hydrogen) atoms. The fourth-order valence-electron chi connectivity index (χ4n) is 1.42. The monoisotopic (exact) mass is 297 g/mol. The molecule has 0 bridgehead atoms. The zero-order chi connectivity index (χ0) is 15.0. The number of carbonyl (C=O) groups excluding carboxylic acids is 1. The van der Waals surface area contributed by atoms with Crippen LogP contribution in [0.1, 0.15) is 12.5 Å². The van der Waals surface area contributed by atoms with Crippen molar-refractivity contribution in [2.24, 2.45) is 0 Å². The number of halogens is 1. The van der Waals surface area contributed by atoms with Gasteiger partial charge >= 0.3 is 0 Å². The van der Waals surface area contributed by atoms with E-state index in [9.17, 15) is 4.79 Å². The van der Waals surface area contributed by atoms with Crippen LogP contribution in [0, 0.1) is 6.92 Å². The minimum absolute atomic E-state index is 0.0658. The Morgan fingerprint density at radius 1 is 1.40 bits per heavy atom. The first-order valence-electron chi connectivity index (χ1n) is 6.37. The first-order valence-corrected chi connectivity index (χ1v) is 6.74. The summed E-state index contributed by atoms with van der Waals surface area (Å²) < 4.78 is 10.6. The molecule has 4 nitrogen and oxygen atoms in total. The van der Waals surface area contributed by atoms with Gasteiger partial charge in [-0.05, 0) is 31.5 Å². The molecule has 0 aliphatic heterocycles. The van der Waals surface area contributed by atoms with Gasteiger partial charge in [0, 0.05) is 6.54 Å². The molecule has 1 rings (SSSR count). The normalized spacial score (nSPS) is 10.2. The van der Waals surface area contributed by atoms with Gasteiger partial charge in [0.2, 0.25) is 0 Å². The van der Waals surface area contributed by atoms with Gasteiger partial charge in [0.15, 0.2) is 6.61 Å². The molecule has 5 heteroatoms. The predicted octanol–water partition coefficient (Wildman–Crippen LogP) is 2.74. The molecule has 0 aliphatic carbocycles. The van der Waals surface area contributed by atoms with Crippen LogP contribution in [0.25, 0.3) is 0 Å². The zero-order valence-corrected chi connectivity index (χ0v) is 12.6. The fraction of sp³-hybridized carbons (Fsp3) is 0.400. The quantitative estimate of drug-likeness (QED) is 0.593. The summed E-state index contributed by atoms with van der Waals surface area (Å²) in [5.41, 5.74) is 1.98. The molecule has 1 aromatic rings. The van der Waals surface area contributed by atoms with Crippen LogP contribution < -0.4 is 10.1 Å². The van der Waals surface area contributed by atoms with E-state index in [1.54, 1.807) is 12.1 Å². The molecule has 1 aromatic carbocycles. The van der Waals surface area contributed by atoms with E-state index in [1.165, 1.54) is 0 Å². The predicted molar refractivity (Wildman–Crippen MR) is 80.3 cm³/mol. The molecular weight excluding hydrogens is 278 g/mol. The number of hydrogen-bond donors (Lipinski definition) is 1. The SMILES string of the molecule is C=C(C)COCCNC(=O)COc1cc(C)ccc1Cl. The Morgan fingerprint density at radius 2 is 2.15 bits per heavy atom. The van der Waals surface area contributed by atoms with Crippen LogP contribution in [-0.2, 0) is 9.53 Å². The summed E-state index contributed by atoms with van der Waals surface area (Å²) in [5.74, 6) is 0.307. The molecular formula is C15H20ClNO3. The molecule has 0 saturated heterocycles. The number of ether oxygens (including phenoxy) is 2.